The van der Waals surface area contributed by atoms with E-state index in [1.165, 1.54) is 0 Å². The maximum Gasteiger partial charge on any atom is 0.243 e. The number of halogens is 1. The Morgan fingerprint density at radius 1 is 1.54 bits per heavy atom. The van der Waals surface area contributed by atoms with Crippen LogP contribution in [0.2, 0.25) is 0 Å². The Labute approximate surface area is 153 Å². The van der Waals surface area contributed by atoms with Crippen molar-refractivity contribution in [3.63, 3.8) is 0 Å². The molecule has 2 N–H and O–H groups in total. The number of carbonyl (C=O) groups excluding carboxylic acids is 1. The lowest BCUT2D eigenvalue weighted by Crippen LogP contribution is -2.76. The molecule has 0 radical (unpaired) electrons. The fraction of sp³-hybridized carbons (Fsp3) is 0.706. The van der Waals surface area contributed by atoms with E-state index in [0.29, 0.717) is 32.7 Å². The lowest BCUT2D eigenvalue weighted by molar-refractivity contribution is -0.184. The molecule has 0 aromatic carbocycles. The number of carbonyl (C=O) groups is 1. The van der Waals surface area contributed by atoms with Crippen molar-refractivity contribution in [3.05, 3.63) is 22.4 Å². The zero-order valence-electron chi connectivity index (χ0n) is 14.5. The van der Waals surface area contributed by atoms with Crippen molar-refractivity contribution in [2.24, 2.45) is 11.1 Å². The molecule has 1 aliphatic heterocycles. The van der Waals surface area contributed by atoms with E-state index in [0.717, 1.165) is 5.56 Å². The topological polar surface area (TPSA) is 64.8 Å². The number of nitrogens with zero attached hydrogens (tertiary/aromatic N) is 1. The minimum atomic E-state index is -0.844. The summed E-state index contributed by atoms with van der Waals surface area (Å²) in [5.41, 5.74) is 6.47. The van der Waals surface area contributed by atoms with Gasteiger partial charge in [-0.3, -0.25) is 4.79 Å². The van der Waals surface area contributed by atoms with Gasteiger partial charge in [0.25, 0.3) is 0 Å². The van der Waals surface area contributed by atoms with Gasteiger partial charge in [0.15, 0.2) is 0 Å². The van der Waals surface area contributed by atoms with Crippen molar-refractivity contribution in [2.45, 2.75) is 44.9 Å². The molecule has 24 heavy (non-hydrogen) atoms. The molecule has 1 saturated heterocycles. The van der Waals surface area contributed by atoms with Gasteiger partial charge in [0.1, 0.15) is 11.6 Å². The second-order valence-electron chi connectivity index (χ2n) is 7.01. The number of hydrogen-bond donors (Lipinski definition) is 1. The highest BCUT2D eigenvalue weighted by Crippen LogP contribution is 2.50. The van der Waals surface area contributed by atoms with Crippen LogP contribution in [0.5, 0.6) is 0 Å². The van der Waals surface area contributed by atoms with E-state index in [1.54, 1.807) is 11.3 Å². The van der Waals surface area contributed by atoms with E-state index in [2.05, 4.69) is 11.4 Å². The van der Waals surface area contributed by atoms with Crippen molar-refractivity contribution in [3.8, 4) is 0 Å². The Balaban J connectivity index is 0.00000208. The minimum Gasteiger partial charge on any atom is -0.378 e. The Morgan fingerprint density at radius 3 is 2.88 bits per heavy atom. The third-order valence-corrected chi connectivity index (χ3v) is 6.18. The standard InChI is InChI=1S/C17H26N2O3S.ClH/c1-4-21-14-9-17(18,16(14,2)3)15(20)19-6-7-22-13(10-19)12-5-8-23-11-12;/h5,8,11,13-14H,4,6-7,9-10,18H2,1-3H3;1H. The molecule has 1 amide bonds. The number of morpholine rings is 1. The summed E-state index contributed by atoms with van der Waals surface area (Å²) in [5.74, 6) is 0.0296. The number of ether oxygens (including phenoxy) is 2. The van der Waals surface area contributed by atoms with Gasteiger partial charge in [-0.25, -0.2) is 0 Å². The third-order valence-electron chi connectivity index (χ3n) is 5.48. The zero-order chi connectivity index (χ0) is 16.7. The SMILES string of the molecule is CCOC1CC(N)(C(=O)N2CCOC(c3ccsc3)C2)C1(C)C.Cl. The van der Waals surface area contributed by atoms with Crippen LogP contribution in [0.15, 0.2) is 16.8 Å². The molecule has 0 bridgehead atoms. The molecular weight excluding hydrogens is 348 g/mol. The van der Waals surface area contributed by atoms with Gasteiger partial charge in [-0.2, -0.15) is 11.3 Å². The van der Waals surface area contributed by atoms with Crippen molar-refractivity contribution in [1.29, 1.82) is 0 Å². The van der Waals surface area contributed by atoms with Gasteiger partial charge in [0, 0.05) is 25.0 Å². The number of hydrogen-bond acceptors (Lipinski definition) is 5. The monoisotopic (exact) mass is 374 g/mol. The van der Waals surface area contributed by atoms with Gasteiger partial charge in [0.2, 0.25) is 5.91 Å². The second kappa shape index (κ2) is 7.30. The highest BCUT2D eigenvalue weighted by atomic mass is 35.5. The van der Waals surface area contributed by atoms with Crippen molar-refractivity contribution in [2.75, 3.05) is 26.3 Å². The summed E-state index contributed by atoms with van der Waals surface area (Å²) in [4.78, 5) is 14.9. The predicted molar refractivity (Wildman–Crippen MR) is 97.6 cm³/mol. The smallest absolute Gasteiger partial charge is 0.243 e. The van der Waals surface area contributed by atoms with Gasteiger partial charge in [-0.1, -0.05) is 13.8 Å². The predicted octanol–water partition coefficient (Wildman–Crippen LogP) is 2.60. The Kier molecular flexibility index (Phi) is 5.98. The van der Waals surface area contributed by atoms with Crippen molar-refractivity contribution < 1.29 is 14.3 Å². The molecule has 7 heteroatoms. The van der Waals surface area contributed by atoms with Crippen LogP contribution >= 0.6 is 23.7 Å². The lowest BCUT2D eigenvalue weighted by Gasteiger charge is -2.59. The maximum atomic E-state index is 13.1. The molecule has 5 nitrogen and oxygen atoms in total. The van der Waals surface area contributed by atoms with Gasteiger partial charge in [0.05, 0.1) is 19.3 Å². The van der Waals surface area contributed by atoms with Crippen LogP contribution in [0.25, 0.3) is 0 Å². The number of nitrogens with two attached hydrogens (primary N) is 1. The summed E-state index contributed by atoms with van der Waals surface area (Å²) in [7, 11) is 0. The molecule has 3 atom stereocenters. The molecule has 1 aromatic heterocycles. The van der Waals surface area contributed by atoms with Gasteiger partial charge in [-0.05, 0) is 29.3 Å². The first-order chi connectivity index (χ1) is 10.9. The van der Waals surface area contributed by atoms with Crippen LogP contribution in [-0.4, -0.2) is 48.8 Å². The first kappa shape index (κ1) is 19.7. The van der Waals surface area contributed by atoms with Crippen LogP contribution in [0.1, 0.15) is 38.9 Å². The largest absolute Gasteiger partial charge is 0.378 e. The molecule has 3 rings (SSSR count). The quantitative estimate of drug-likeness (QED) is 0.879. The van der Waals surface area contributed by atoms with Gasteiger partial charge in [-0.15, -0.1) is 12.4 Å². The second-order valence-corrected chi connectivity index (χ2v) is 7.79. The molecule has 2 fully saturated rings. The van der Waals surface area contributed by atoms with Crippen molar-refractivity contribution >= 4 is 29.7 Å². The first-order valence-corrected chi connectivity index (χ1v) is 9.18. The summed E-state index contributed by atoms with van der Waals surface area (Å²) in [5, 5.41) is 4.11. The summed E-state index contributed by atoms with van der Waals surface area (Å²) in [6.07, 6.45) is 0.594. The van der Waals surface area contributed by atoms with Crippen LogP contribution in [0, 0.1) is 5.41 Å². The number of thiophene rings is 1. The summed E-state index contributed by atoms with van der Waals surface area (Å²) in [6.45, 7) is 8.42. The molecule has 0 spiro atoms. The molecule has 2 aliphatic rings. The highest BCUT2D eigenvalue weighted by molar-refractivity contribution is 7.07. The lowest BCUT2D eigenvalue weighted by atomic mass is 9.54. The molecule has 1 aliphatic carbocycles. The van der Waals surface area contributed by atoms with E-state index < -0.39 is 5.54 Å². The third kappa shape index (κ3) is 3.10. The average Bonchev–Trinajstić information content (AvgIpc) is 3.08. The first-order valence-electron chi connectivity index (χ1n) is 8.23. The maximum absolute atomic E-state index is 13.1. The van der Waals surface area contributed by atoms with E-state index in [4.69, 9.17) is 15.2 Å². The van der Waals surface area contributed by atoms with Crippen LogP contribution < -0.4 is 5.73 Å². The number of amides is 1. The number of rotatable bonds is 4. The average molecular weight is 375 g/mol. The van der Waals surface area contributed by atoms with Gasteiger partial charge < -0.3 is 20.1 Å². The summed E-state index contributed by atoms with van der Waals surface area (Å²) < 4.78 is 11.6. The molecule has 3 unspecified atom stereocenters. The zero-order valence-corrected chi connectivity index (χ0v) is 16.1. The highest BCUT2D eigenvalue weighted by Gasteiger charge is 2.63. The summed E-state index contributed by atoms with van der Waals surface area (Å²) >= 11 is 1.64. The minimum absolute atomic E-state index is 0. The van der Waals surface area contributed by atoms with Crippen LogP contribution in [0.3, 0.4) is 0 Å². The Hall–Kier alpha value is -0.660. The molecule has 1 aromatic rings. The van der Waals surface area contributed by atoms with Crippen LogP contribution in [0.4, 0.5) is 0 Å². The fourth-order valence-electron chi connectivity index (χ4n) is 3.57. The van der Waals surface area contributed by atoms with Crippen LogP contribution in [-0.2, 0) is 14.3 Å². The van der Waals surface area contributed by atoms with Crippen molar-refractivity contribution in [1.82, 2.24) is 4.90 Å². The molecule has 136 valence electrons. The van der Waals surface area contributed by atoms with Gasteiger partial charge >= 0.3 is 0 Å². The molecular formula is C17H27ClN2O3S. The normalized spacial score (nSPS) is 31.9. The fourth-order valence-corrected chi connectivity index (χ4v) is 4.28. The Bertz CT molecular complexity index is 566. The molecule has 1 saturated carbocycles. The van der Waals surface area contributed by atoms with E-state index in [-0.39, 0.29) is 35.9 Å². The molecule has 2 heterocycles. The Morgan fingerprint density at radius 2 is 2.29 bits per heavy atom. The van der Waals surface area contributed by atoms with E-state index >= 15 is 0 Å². The van der Waals surface area contributed by atoms with E-state index in [9.17, 15) is 4.79 Å². The van der Waals surface area contributed by atoms with E-state index in [1.807, 2.05) is 31.1 Å². The summed E-state index contributed by atoms with van der Waals surface area (Å²) in [6, 6.07) is 2.06.